The molecule has 0 aromatic carbocycles. The van der Waals surface area contributed by atoms with E-state index in [0.29, 0.717) is 6.61 Å². The molecule has 0 bridgehead atoms. The van der Waals surface area contributed by atoms with Crippen LogP contribution in [0, 0.1) is 0 Å². The van der Waals surface area contributed by atoms with Crippen molar-refractivity contribution < 1.29 is 14.6 Å². The molecule has 0 aromatic rings. The van der Waals surface area contributed by atoms with E-state index < -0.39 is 5.79 Å². The lowest BCUT2D eigenvalue weighted by Crippen LogP contribution is -2.37. The van der Waals surface area contributed by atoms with Crippen molar-refractivity contribution in [2.24, 2.45) is 0 Å². The monoisotopic (exact) mass is 174 g/mol. The first kappa shape index (κ1) is 9.96. The molecule has 0 saturated carbocycles. The van der Waals surface area contributed by atoms with Crippen LogP contribution in [0.1, 0.15) is 33.1 Å². The minimum atomic E-state index is -1.06. The fourth-order valence-corrected chi connectivity index (χ4v) is 1.34. The maximum absolute atomic E-state index is 9.61. The maximum Gasteiger partial charge on any atom is 0.189 e. The molecule has 0 amide bonds. The molecule has 1 heterocycles. The third-order valence-corrected chi connectivity index (χ3v) is 2.19. The van der Waals surface area contributed by atoms with Crippen LogP contribution >= 0.6 is 0 Å². The predicted molar refractivity (Wildman–Crippen MR) is 45.8 cm³/mol. The average Bonchev–Trinajstić information content (AvgIpc) is 2.32. The van der Waals surface area contributed by atoms with E-state index in [1.807, 2.05) is 0 Å². The van der Waals surface area contributed by atoms with Crippen LogP contribution in [0.2, 0.25) is 0 Å². The Morgan fingerprint density at radius 1 is 1.67 bits per heavy atom. The number of hydrogen-bond acceptors (Lipinski definition) is 3. The fraction of sp³-hybridized carbons (Fsp3) is 1.00. The summed E-state index contributed by atoms with van der Waals surface area (Å²) in [6, 6.07) is 0. The van der Waals surface area contributed by atoms with Gasteiger partial charge in [-0.2, -0.15) is 0 Å². The molecule has 1 aliphatic rings. The van der Waals surface area contributed by atoms with Crippen LogP contribution in [0.15, 0.2) is 0 Å². The largest absolute Gasteiger partial charge is 0.373 e. The molecule has 3 heteroatoms. The summed E-state index contributed by atoms with van der Waals surface area (Å²) in [5.74, 6) is -1.06. The van der Waals surface area contributed by atoms with Crippen molar-refractivity contribution in [3.8, 4) is 0 Å². The van der Waals surface area contributed by atoms with E-state index in [9.17, 15) is 5.11 Å². The van der Waals surface area contributed by atoms with E-state index in [2.05, 4.69) is 6.92 Å². The molecule has 1 fully saturated rings. The molecule has 2 atom stereocenters. The maximum atomic E-state index is 9.61. The summed E-state index contributed by atoms with van der Waals surface area (Å²) in [6.07, 6.45) is 2.84. The molecule has 0 aromatic heterocycles. The highest BCUT2D eigenvalue weighted by Crippen LogP contribution is 2.25. The van der Waals surface area contributed by atoms with Crippen molar-refractivity contribution in [1.82, 2.24) is 0 Å². The van der Waals surface area contributed by atoms with Crippen LogP contribution in [-0.2, 0) is 9.47 Å². The van der Waals surface area contributed by atoms with Gasteiger partial charge in [0.1, 0.15) is 6.10 Å². The van der Waals surface area contributed by atoms with Crippen LogP contribution in [0.3, 0.4) is 0 Å². The van der Waals surface area contributed by atoms with Crippen LogP contribution in [0.25, 0.3) is 0 Å². The van der Waals surface area contributed by atoms with E-state index in [-0.39, 0.29) is 6.10 Å². The molecule has 0 spiro atoms. The Balaban J connectivity index is 2.22. The molecule has 0 aliphatic carbocycles. The molecule has 1 saturated heterocycles. The van der Waals surface area contributed by atoms with E-state index in [0.717, 1.165) is 25.9 Å². The van der Waals surface area contributed by atoms with Crippen molar-refractivity contribution >= 4 is 0 Å². The van der Waals surface area contributed by atoms with Gasteiger partial charge in [0, 0.05) is 13.0 Å². The SMILES string of the molecule is CCCCOC1CCOC1(C)O. The molecule has 3 nitrogen and oxygen atoms in total. The molecule has 72 valence electrons. The third-order valence-electron chi connectivity index (χ3n) is 2.19. The molecule has 1 N–H and O–H groups in total. The van der Waals surface area contributed by atoms with Gasteiger partial charge >= 0.3 is 0 Å². The molecule has 2 unspecified atom stereocenters. The second-order valence-electron chi connectivity index (χ2n) is 3.40. The summed E-state index contributed by atoms with van der Waals surface area (Å²) in [5.41, 5.74) is 0. The molecule has 1 aliphatic heterocycles. The van der Waals surface area contributed by atoms with Gasteiger partial charge in [0.2, 0.25) is 0 Å². The molecule has 1 rings (SSSR count). The van der Waals surface area contributed by atoms with E-state index in [1.54, 1.807) is 6.92 Å². The lowest BCUT2D eigenvalue weighted by atomic mass is 10.1. The number of ether oxygens (including phenoxy) is 2. The molecular weight excluding hydrogens is 156 g/mol. The minimum absolute atomic E-state index is 0.135. The summed E-state index contributed by atoms with van der Waals surface area (Å²) in [6.45, 7) is 5.10. The van der Waals surface area contributed by atoms with Crippen molar-refractivity contribution in [2.45, 2.75) is 45.0 Å². The van der Waals surface area contributed by atoms with Gasteiger partial charge < -0.3 is 14.6 Å². The smallest absolute Gasteiger partial charge is 0.189 e. The Morgan fingerprint density at radius 2 is 2.42 bits per heavy atom. The average molecular weight is 174 g/mol. The lowest BCUT2D eigenvalue weighted by Gasteiger charge is -2.24. The first-order chi connectivity index (χ1) is 5.67. The normalized spacial score (nSPS) is 35.8. The van der Waals surface area contributed by atoms with E-state index in [4.69, 9.17) is 9.47 Å². The van der Waals surface area contributed by atoms with Gasteiger partial charge in [-0.25, -0.2) is 0 Å². The highest BCUT2D eigenvalue weighted by atomic mass is 16.7. The molecular formula is C9H18O3. The molecule has 0 radical (unpaired) electrons. The van der Waals surface area contributed by atoms with E-state index in [1.165, 1.54) is 0 Å². The Labute approximate surface area is 73.7 Å². The first-order valence-corrected chi connectivity index (χ1v) is 4.64. The standard InChI is InChI=1S/C9H18O3/c1-3-4-6-11-8-5-7-12-9(8,2)10/h8,10H,3-7H2,1-2H3. The second-order valence-corrected chi connectivity index (χ2v) is 3.40. The highest BCUT2D eigenvalue weighted by molar-refractivity contribution is 4.79. The van der Waals surface area contributed by atoms with Crippen LogP contribution in [0.4, 0.5) is 0 Å². The van der Waals surface area contributed by atoms with Crippen molar-refractivity contribution in [3.05, 3.63) is 0 Å². The first-order valence-electron chi connectivity index (χ1n) is 4.64. The Bertz CT molecular complexity index is 134. The zero-order chi connectivity index (χ0) is 9.03. The number of aliphatic hydroxyl groups is 1. The van der Waals surface area contributed by atoms with Crippen LogP contribution in [-0.4, -0.2) is 30.2 Å². The zero-order valence-electron chi connectivity index (χ0n) is 7.88. The second kappa shape index (κ2) is 4.21. The predicted octanol–water partition coefficient (Wildman–Crippen LogP) is 1.30. The summed E-state index contributed by atoms with van der Waals surface area (Å²) in [5, 5.41) is 9.61. The van der Waals surface area contributed by atoms with Gasteiger partial charge in [-0.15, -0.1) is 0 Å². The van der Waals surface area contributed by atoms with Gasteiger partial charge in [-0.1, -0.05) is 13.3 Å². The zero-order valence-corrected chi connectivity index (χ0v) is 7.88. The number of rotatable bonds is 4. The summed E-state index contributed by atoms with van der Waals surface area (Å²) in [4.78, 5) is 0. The minimum Gasteiger partial charge on any atom is -0.373 e. The van der Waals surface area contributed by atoms with Gasteiger partial charge in [0.15, 0.2) is 5.79 Å². The fourth-order valence-electron chi connectivity index (χ4n) is 1.34. The van der Waals surface area contributed by atoms with Gasteiger partial charge in [-0.05, 0) is 13.3 Å². The Morgan fingerprint density at radius 3 is 2.92 bits per heavy atom. The Hall–Kier alpha value is -0.120. The Kier molecular flexibility index (Phi) is 3.50. The summed E-state index contributed by atoms with van der Waals surface area (Å²) < 4.78 is 10.6. The van der Waals surface area contributed by atoms with Crippen LogP contribution < -0.4 is 0 Å². The third kappa shape index (κ3) is 2.44. The van der Waals surface area contributed by atoms with Gasteiger partial charge in [-0.3, -0.25) is 0 Å². The van der Waals surface area contributed by atoms with Crippen molar-refractivity contribution in [1.29, 1.82) is 0 Å². The molecule has 12 heavy (non-hydrogen) atoms. The lowest BCUT2D eigenvalue weighted by molar-refractivity contribution is -0.211. The van der Waals surface area contributed by atoms with Crippen molar-refractivity contribution in [3.63, 3.8) is 0 Å². The van der Waals surface area contributed by atoms with Crippen molar-refractivity contribution in [2.75, 3.05) is 13.2 Å². The summed E-state index contributed by atoms with van der Waals surface area (Å²) >= 11 is 0. The van der Waals surface area contributed by atoms with Crippen LogP contribution in [0.5, 0.6) is 0 Å². The highest BCUT2D eigenvalue weighted by Gasteiger charge is 2.38. The number of hydrogen-bond donors (Lipinski definition) is 1. The topological polar surface area (TPSA) is 38.7 Å². The quantitative estimate of drug-likeness (QED) is 0.653. The number of unbranched alkanes of at least 4 members (excludes halogenated alkanes) is 1. The van der Waals surface area contributed by atoms with Gasteiger partial charge in [0.25, 0.3) is 0 Å². The van der Waals surface area contributed by atoms with Gasteiger partial charge in [0.05, 0.1) is 6.61 Å². The van der Waals surface area contributed by atoms with E-state index >= 15 is 0 Å². The summed E-state index contributed by atoms with van der Waals surface area (Å²) in [7, 11) is 0.